The number of rotatable bonds is 3. The lowest BCUT2D eigenvalue weighted by molar-refractivity contribution is 0.240. The fourth-order valence-corrected chi connectivity index (χ4v) is 4.96. The van der Waals surface area contributed by atoms with Crippen molar-refractivity contribution in [1.82, 2.24) is 4.31 Å². The van der Waals surface area contributed by atoms with E-state index in [9.17, 15) is 8.42 Å². The fourth-order valence-electron chi connectivity index (χ4n) is 3.23. The molecule has 1 aliphatic heterocycles. The van der Waals surface area contributed by atoms with Gasteiger partial charge in [-0.15, -0.1) is 0 Å². The lowest BCUT2D eigenvalue weighted by atomic mass is 9.77. The second-order valence-electron chi connectivity index (χ2n) is 6.32. The van der Waals surface area contributed by atoms with Crippen LogP contribution in [0.2, 0.25) is 5.02 Å². The largest absolute Gasteiger partial charge is 0.243 e. The van der Waals surface area contributed by atoms with Crippen LogP contribution in [0, 0.1) is 0 Å². The molecule has 0 spiro atoms. The second kappa shape index (κ2) is 6.27. The van der Waals surface area contributed by atoms with E-state index in [0.29, 0.717) is 23.0 Å². The van der Waals surface area contributed by atoms with Crippen LogP contribution < -0.4 is 0 Å². The second-order valence-corrected chi connectivity index (χ2v) is 8.70. The van der Waals surface area contributed by atoms with Crippen molar-refractivity contribution in [3.63, 3.8) is 0 Å². The Balaban J connectivity index is 1.90. The molecule has 3 rings (SSSR count). The molecule has 0 radical (unpaired) electrons. The molecule has 0 amide bonds. The summed E-state index contributed by atoms with van der Waals surface area (Å²) in [4.78, 5) is 0.305. The maximum Gasteiger partial charge on any atom is 0.243 e. The summed E-state index contributed by atoms with van der Waals surface area (Å²) in [5.74, 6) is 0. The first kappa shape index (κ1) is 16.5. The molecule has 2 aromatic rings. The average Bonchev–Trinajstić information content (AvgIpc) is 2.56. The van der Waals surface area contributed by atoms with E-state index in [1.54, 1.807) is 28.6 Å². The SMILES string of the molecule is C[C@@]1(c2ccccc2)CCCN(S(=O)(=O)c2ccc(Cl)cc2)C1. The Hall–Kier alpha value is -1.36. The number of piperidine rings is 1. The van der Waals surface area contributed by atoms with Crippen molar-refractivity contribution < 1.29 is 8.42 Å². The standard InChI is InChI=1S/C18H20ClNO2S/c1-18(15-6-3-2-4-7-15)12-5-13-20(14-18)23(21,22)17-10-8-16(19)9-11-17/h2-4,6-11H,5,12-14H2,1H3/t18-/m1/s1. The highest BCUT2D eigenvalue weighted by molar-refractivity contribution is 7.89. The van der Waals surface area contributed by atoms with Gasteiger partial charge in [0.15, 0.2) is 0 Å². The molecule has 1 saturated heterocycles. The molecule has 0 unspecified atom stereocenters. The van der Waals surface area contributed by atoms with Crippen LogP contribution in [-0.2, 0) is 15.4 Å². The summed E-state index contributed by atoms with van der Waals surface area (Å²) < 4.78 is 27.4. The Kier molecular flexibility index (Phi) is 4.50. The summed E-state index contributed by atoms with van der Waals surface area (Å²) in [6, 6.07) is 16.6. The Morgan fingerprint density at radius 2 is 1.70 bits per heavy atom. The van der Waals surface area contributed by atoms with Gasteiger partial charge in [-0.2, -0.15) is 4.31 Å². The lowest BCUT2D eigenvalue weighted by Crippen LogP contribution is -2.46. The van der Waals surface area contributed by atoms with Crippen LogP contribution >= 0.6 is 11.6 Å². The highest BCUT2D eigenvalue weighted by Crippen LogP contribution is 2.35. The average molecular weight is 350 g/mol. The van der Waals surface area contributed by atoms with E-state index < -0.39 is 10.0 Å². The number of hydrogen-bond donors (Lipinski definition) is 0. The van der Waals surface area contributed by atoms with Crippen LogP contribution in [-0.4, -0.2) is 25.8 Å². The van der Waals surface area contributed by atoms with Crippen LogP contribution in [0.3, 0.4) is 0 Å². The molecule has 0 aromatic heterocycles. The van der Waals surface area contributed by atoms with Gasteiger partial charge in [0.2, 0.25) is 10.0 Å². The van der Waals surface area contributed by atoms with E-state index in [4.69, 9.17) is 11.6 Å². The first-order chi connectivity index (χ1) is 10.9. The fraction of sp³-hybridized carbons (Fsp3) is 0.333. The number of halogens is 1. The third-order valence-corrected chi connectivity index (χ3v) is 6.69. The molecule has 0 bridgehead atoms. The van der Waals surface area contributed by atoms with E-state index in [1.807, 2.05) is 18.2 Å². The van der Waals surface area contributed by atoms with Crippen molar-refractivity contribution in [3.8, 4) is 0 Å². The molecule has 1 heterocycles. The van der Waals surface area contributed by atoms with Gasteiger partial charge in [0.1, 0.15) is 0 Å². The number of hydrogen-bond acceptors (Lipinski definition) is 2. The molecule has 0 aliphatic carbocycles. The Labute approximate surface area is 142 Å². The van der Waals surface area contributed by atoms with Crippen LogP contribution in [0.15, 0.2) is 59.5 Å². The molecule has 0 saturated carbocycles. The highest BCUT2D eigenvalue weighted by Gasteiger charge is 2.37. The van der Waals surface area contributed by atoms with E-state index >= 15 is 0 Å². The van der Waals surface area contributed by atoms with Gasteiger partial charge in [-0.25, -0.2) is 8.42 Å². The topological polar surface area (TPSA) is 37.4 Å². The summed E-state index contributed by atoms with van der Waals surface area (Å²) in [7, 11) is -3.48. The zero-order valence-electron chi connectivity index (χ0n) is 13.1. The van der Waals surface area contributed by atoms with E-state index in [2.05, 4.69) is 19.1 Å². The van der Waals surface area contributed by atoms with Crippen molar-refractivity contribution in [2.45, 2.75) is 30.1 Å². The summed E-state index contributed by atoms with van der Waals surface area (Å²) in [5.41, 5.74) is 1.04. The number of sulfonamides is 1. The zero-order valence-corrected chi connectivity index (χ0v) is 14.6. The van der Waals surface area contributed by atoms with Crippen LogP contribution in [0.4, 0.5) is 0 Å². The Morgan fingerprint density at radius 1 is 1.04 bits per heavy atom. The summed E-state index contributed by atoms with van der Waals surface area (Å²) in [6.07, 6.45) is 1.85. The van der Waals surface area contributed by atoms with Crippen molar-refractivity contribution in [2.24, 2.45) is 0 Å². The third kappa shape index (κ3) is 3.30. The molecule has 122 valence electrons. The quantitative estimate of drug-likeness (QED) is 0.837. The van der Waals surface area contributed by atoms with Gasteiger partial charge in [0.05, 0.1) is 4.90 Å². The van der Waals surface area contributed by atoms with Gasteiger partial charge in [0, 0.05) is 23.5 Å². The van der Waals surface area contributed by atoms with Gasteiger partial charge < -0.3 is 0 Å². The van der Waals surface area contributed by atoms with Gasteiger partial charge in [-0.3, -0.25) is 0 Å². The predicted octanol–water partition coefficient (Wildman–Crippen LogP) is 4.08. The highest BCUT2D eigenvalue weighted by atomic mass is 35.5. The van der Waals surface area contributed by atoms with Gasteiger partial charge in [-0.1, -0.05) is 48.9 Å². The minimum Gasteiger partial charge on any atom is -0.207 e. The summed E-state index contributed by atoms with van der Waals surface area (Å²) in [5, 5.41) is 0.539. The molecule has 3 nitrogen and oxygen atoms in total. The molecule has 2 aromatic carbocycles. The van der Waals surface area contributed by atoms with Crippen molar-refractivity contribution in [3.05, 3.63) is 65.2 Å². The van der Waals surface area contributed by atoms with Crippen LogP contribution in [0.25, 0.3) is 0 Å². The van der Waals surface area contributed by atoms with Crippen LogP contribution in [0.1, 0.15) is 25.3 Å². The molecule has 0 N–H and O–H groups in total. The minimum atomic E-state index is -3.48. The Morgan fingerprint density at radius 3 is 2.35 bits per heavy atom. The zero-order chi connectivity index (χ0) is 16.5. The monoisotopic (exact) mass is 349 g/mol. The first-order valence-corrected chi connectivity index (χ1v) is 9.55. The minimum absolute atomic E-state index is 0.154. The maximum atomic E-state index is 12.9. The number of nitrogens with zero attached hydrogens (tertiary/aromatic N) is 1. The van der Waals surface area contributed by atoms with Gasteiger partial charge >= 0.3 is 0 Å². The van der Waals surface area contributed by atoms with Crippen molar-refractivity contribution in [2.75, 3.05) is 13.1 Å². The first-order valence-electron chi connectivity index (χ1n) is 7.73. The summed E-state index contributed by atoms with van der Waals surface area (Å²) >= 11 is 5.86. The van der Waals surface area contributed by atoms with E-state index in [-0.39, 0.29) is 5.41 Å². The van der Waals surface area contributed by atoms with Gasteiger partial charge in [-0.05, 0) is 42.7 Å². The predicted molar refractivity (Wildman–Crippen MR) is 93.2 cm³/mol. The molecule has 1 fully saturated rings. The molecule has 1 atom stereocenters. The van der Waals surface area contributed by atoms with Crippen LogP contribution in [0.5, 0.6) is 0 Å². The number of benzene rings is 2. The van der Waals surface area contributed by atoms with E-state index in [1.165, 1.54) is 5.56 Å². The van der Waals surface area contributed by atoms with E-state index in [0.717, 1.165) is 12.8 Å². The molecular weight excluding hydrogens is 330 g/mol. The third-order valence-electron chi connectivity index (χ3n) is 4.58. The smallest absolute Gasteiger partial charge is 0.207 e. The van der Waals surface area contributed by atoms with Gasteiger partial charge in [0.25, 0.3) is 0 Å². The van der Waals surface area contributed by atoms with Crippen molar-refractivity contribution in [1.29, 1.82) is 0 Å². The maximum absolute atomic E-state index is 12.9. The molecule has 5 heteroatoms. The van der Waals surface area contributed by atoms with Crippen molar-refractivity contribution >= 4 is 21.6 Å². The molecular formula is C18H20ClNO2S. The molecule has 23 heavy (non-hydrogen) atoms. The lowest BCUT2D eigenvalue weighted by Gasteiger charge is -2.40. The molecule has 1 aliphatic rings. The normalized spacial score (nSPS) is 22.9. The summed E-state index contributed by atoms with van der Waals surface area (Å²) in [6.45, 7) is 3.21. The Bertz CT molecular complexity index is 774.